The predicted octanol–water partition coefficient (Wildman–Crippen LogP) is 10.4. The molecule has 5 nitrogen and oxygen atoms in total. The first-order valence-electron chi connectivity index (χ1n) is 19.7. The molecule has 1 aromatic rings. The predicted molar refractivity (Wildman–Crippen MR) is 203 cm³/mol. The van der Waals surface area contributed by atoms with Gasteiger partial charge in [-0.2, -0.15) is 0 Å². The van der Waals surface area contributed by atoms with Crippen LogP contribution in [-0.4, -0.2) is 47.8 Å². The highest BCUT2D eigenvalue weighted by molar-refractivity contribution is 5.73. The van der Waals surface area contributed by atoms with Gasteiger partial charge in [0.15, 0.2) is 0 Å². The van der Waals surface area contributed by atoms with Crippen LogP contribution in [0.15, 0.2) is 70.7 Å². The van der Waals surface area contributed by atoms with Gasteiger partial charge in [-0.15, -0.1) is 0 Å². The van der Waals surface area contributed by atoms with Crippen molar-refractivity contribution in [3.05, 3.63) is 71.2 Å². The van der Waals surface area contributed by atoms with E-state index in [2.05, 4.69) is 86.1 Å². The molecule has 1 aliphatic heterocycles. The van der Waals surface area contributed by atoms with Gasteiger partial charge in [0.05, 0.1) is 5.92 Å². The van der Waals surface area contributed by atoms with Crippen molar-refractivity contribution in [2.75, 3.05) is 19.6 Å². The molecule has 0 aromatic carbocycles. The van der Waals surface area contributed by atoms with Crippen molar-refractivity contribution in [1.82, 2.24) is 9.88 Å². The van der Waals surface area contributed by atoms with Gasteiger partial charge in [-0.3, -0.25) is 14.8 Å². The lowest BCUT2D eigenvalue weighted by Gasteiger charge is -2.58. The molecule has 0 N–H and O–H groups in total. The van der Waals surface area contributed by atoms with Crippen molar-refractivity contribution in [2.24, 2.45) is 45.4 Å². The van der Waals surface area contributed by atoms with E-state index in [-0.39, 0.29) is 28.8 Å². The Labute approximate surface area is 297 Å². The van der Waals surface area contributed by atoms with Crippen LogP contribution >= 0.6 is 0 Å². The number of pyridine rings is 1. The maximum absolute atomic E-state index is 13.1. The zero-order chi connectivity index (χ0) is 34.6. The summed E-state index contributed by atoms with van der Waals surface area (Å²) in [5.41, 5.74) is 7.57. The number of piperidine rings is 1. The molecule has 5 heteroatoms. The summed E-state index contributed by atoms with van der Waals surface area (Å²) in [6, 6.07) is 4.33. The molecule has 1 aromatic heterocycles. The van der Waals surface area contributed by atoms with Crippen molar-refractivity contribution < 1.29 is 9.53 Å². The number of ether oxygens (including phenoxy) is 1. The largest absolute Gasteiger partial charge is 0.462 e. The van der Waals surface area contributed by atoms with Crippen LogP contribution < -0.4 is 0 Å². The molecule has 1 saturated heterocycles. The molecule has 2 heterocycles. The first-order chi connectivity index (χ1) is 23.7. The second-order valence-electron chi connectivity index (χ2n) is 16.6. The highest BCUT2D eigenvalue weighted by Crippen LogP contribution is 2.66. The number of hydrogen-bond donors (Lipinski definition) is 0. The SMILES string of the molecule is CC12CCC(OC(=O)C3CCN(CC4CC4)CC3)CC1=CCC1[C@@H]2CCC2(C)C(c3cccnc3)=CC[C@@H]12.CC=N/C=C(C)/C(C)=C/CC. The summed E-state index contributed by atoms with van der Waals surface area (Å²) in [5, 5.41) is 0. The number of aliphatic imine (C=N–C) groups is 1. The first kappa shape index (κ1) is 36.0. The number of carbonyl (C=O) groups is 1. The van der Waals surface area contributed by atoms with Crippen molar-refractivity contribution in [3.8, 4) is 0 Å². The van der Waals surface area contributed by atoms with Crippen molar-refractivity contribution in [2.45, 2.75) is 125 Å². The van der Waals surface area contributed by atoms with Gasteiger partial charge in [-0.05, 0) is 162 Å². The van der Waals surface area contributed by atoms with Crippen LogP contribution in [0.4, 0.5) is 0 Å². The summed E-state index contributed by atoms with van der Waals surface area (Å²) in [7, 11) is 0. The Morgan fingerprint density at radius 3 is 2.47 bits per heavy atom. The maximum Gasteiger partial charge on any atom is 0.309 e. The summed E-state index contributed by atoms with van der Waals surface area (Å²) in [4.78, 5) is 24.2. The van der Waals surface area contributed by atoms with Crippen LogP contribution in [0, 0.1) is 40.4 Å². The molecule has 6 aliphatic rings. The number of nitrogens with zero attached hydrogens (tertiary/aromatic N) is 3. The Balaban J connectivity index is 0.000000329. The van der Waals surface area contributed by atoms with Crippen LogP contribution in [0.3, 0.4) is 0 Å². The third-order valence-electron chi connectivity index (χ3n) is 13.6. The van der Waals surface area contributed by atoms with E-state index in [9.17, 15) is 4.79 Å². The molecular formula is C44H63N3O2. The summed E-state index contributed by atoms with van der Waals surface area (Å²) < 4.78 is 6.23. The van der Waals surface area contributed by atoms with E-state index in [1.165, 1.54) is 68.2 Å². The average Bonchev–Trinajstić information content (AvgIpc) is 3.86. The molecule has 49 heavy (non-hydrogen) atoms. The molecule has 0 bridgehead atoms. The van der Waals surface area contributed by atoms with E-state index in [0.29, 0.717) is 0 Å². The summed E-state index contributed by atoms with van der Waals surface area (Å²) in [6.45, 7) is 16.7. The van der Waals surface area contributed by atoms with E-state index < -0.39 is 0 Å². The third-order valence-corrected chi connectivity index (χ3v) is 13.6. The van der Waals surface area contributed by atoms with E-state index >= 15 is 0 Å². The number of likely N-dealkylation sites (tertiary alicyclic amines) is 1. The van der Waals surface area contributed by atoms with Gasteiger partial charge in [-0.25, -0.2) is 0 Å². The fourth-order valence-corrected chi connectivity index (χ4v) is 10.3. The summed E-state index contributed by atoms with van der Waals surface area (Å²) in [6.07, 6.45) is 29.1. The molecule has 4 fully saturated rings. The monoisotopic (exact) mass is 665 g/mol. The van der Waals surface area contributed by atoms with Crippen LogP contribution in [0.1, 0.15) is 124 Å². The van der Waals surface area contributed by atoms with Gasteiger partial charge >= 0.3 is 5.97 Å². The molecule has 4 unspecified atom stereocenters. The standard InChI is InChI=1S/C34H46N2O2.C10H17N/c1-33-15-11-27(38-32(37)24-13-18-36(19-14-24)22-23-5-6-23)20-26(33)7-8-28-30-10-9-29(25-4-3-17-35-21-25)34(30,2)16-12-31(28)33;1-5-7-9(3)10(4)8-11-6-2/h3-4,7,9,17,21,23-24,27-28,30-31H,5-6,8,10-16,18-20,22H2,1-2H3;6-8H,5H2,1-4H3/b;9-7+,10-8+,11-6?/t27?,28?,30-,31-,33?,34?;/m0./s1. The number of fused-ring (bicyclic) bond motifs is 5. The van der Waals surface area contributed by atoms with Crippen molar-refractivity contribution in [3.63, 3.8) is 0 Å². The van der Waals surface area contributed by atoms with E-state index in [4.69, 9.17) is 4.74 Å². The lowest BCUT2D eigenvalue weighted by atomic mass is 9.47. The average molecular weight is 666 g/mol. The fourth-order valence-electron chi connectivity index (χ4n) is 10.3. The van der Waals surface area contributed by atoms with Crippen molar-refractivity contribution in [1.29, 1.82) is 0 Å². The normalized spacial score (nSPS) is 33.8. The lowest BCUT2D eigenvalue weighted by Crippen LogP contribution is -2.50. The molecule has 7 rings (SSSR count). The van der Waals surface area contributed by atoms with E-state index in [0.717, 1.165) is 68.9 Å². The molecular weight excluding hydrogens is 603 g/mol. The minimum absolute atomic E-state index is 0.0852. The van der Waals surface area contributed by atoms with Gasteiger partial charge < -0.3 is 9.64 Å². The minimum atomic E-state index is 0.0852. The topological polar surface area (TPSA) is 54.8 Å². The summed E-state index contributed by atoms with van der Waals surface area (Å²) >= 11 is 0. The molecule has 0 spiro atoms. The molecule has 6 atom stereocenters. The van der Waals surface area contributed by atoms with E-state index in [1.807, 2.05) is 19.3 Å². The Bertz CT molecular complexity index is 1460. The quantitative estimate of drug-likeness (QED) is 0.120. The van der Waals surface area contributed by atoms with Gasteiger partial charge in [0.1, 0.15) is 6.10 Å². The lowest BCUT2D eigenvalue weighted by molar-refractivity contribution is -0.158. The zero-order valence-electron chi connectivity index (χ0n) is 31.4. The van der Waals surface area contributed by atoms with Gasteiger partial charge in [-0.1, -0.05) is 56.2 Å². The van der Waals surface area contributed by atoms with Crippen molar-refractivity contribution >= 4 is 17.8 Å². The fraction of sp³-hybridized carbons (Fsp3) is 0.659. The number of aromatic nitrogens is 1. The van der Waals surface area contributed by atoms with Gasteiger partial charge in [0.25, 0.3) is 0 Å². The Hall–Kier alpha value is -2.79. The molecule has 0 amide bonds. The highest BCUT2D eigenvalue weighted by atomic mass is 16.5. The Morgan fingerprint density at radius 1 is 1.00 bits per heavy atom. The van der Waals surface area contributed by atoms with Gasteiger partial charge in [0, 0.05) is 37.8 Å². The first-order valence-corrected chi connectivity index (χ1v) is 19.7. The number of carbonyl (C=O) groups excluding carboxylic acids is 1. The number of esters is 1. The second kappa shape index (κ2) is 15.6. The second-order valence-corrected chi connectivity index (χ2v) is 16.6. The highest BCUT2D eigenvalue weighted by Gasteiger charge is 2.57. The molecule has 3 saturated carbocycles. The van der Waals surface area contributed by atoms with Crippen LogP contribution in [0.2, 0.25) is 0 Å². The smallest absolute Gasteiger partial charge is 0.309 e. The van der Waals surface area contributed by atoms with Crippen LogP contribution in [0.5, 0.6) is 0 Å². The third kappa shape index (κ3) is 7.92. The Morgan fingerprint density at radius 2 is 1.78 bits per heavy atom. The number of allylic oxidation sites excluding steroid dienone is 6. The van der Waals surface area contributed by atoms with Gasteiger partial charge in [0.2, 0.25) is 0 Å². The van der Waals surface area contributed by atoms with Crippen LogP contribution in [-0.2, 0) is 9.53 Å². The Kier molecular flexibility index (Phi) is 11.5. The molecule has 0 radical (unpaired) electrons. The molecule has 266 valence electrons. The maximum atomic E-state index is 13.1. The minimum Gasteiger partial charge on any atom is -0.462 e. The number of rotatable bonds is 8. The van der Waals surface area contributed by atoms with Crippen LogP contribution in [0.25, 0.3) is 5.57 Å². The number of hydrogen-bond acceptors (Lipinski definition) is 5. The summed E-state index contributed by atoms with van der Waals surface area (Å²) in [5.74, 6) is 3.38. The zero-order valence-corrected chi connectivity index (χ0v) is 31.4. The van der Waals surface area contributed by atoms with E-state index in [1.54, 1.807) is 17.4 Å². The molecule has 5 aliphatic carbocycles.